The van der Waals surface area contributed by atoms with E-state index >= 15 is 0 Å². The molecule has 1 rings (SSSR count). The van der Waals surface area contributed by atoms with Gasteiger partial charge in [0.25, 0.3) is 0 Å². The molecule has 3 nitrogen and oxygen atoms in total. The summed E-state index contributed by atoms with van der Waals surface area (Å²) in [5.74, 6) is 0. The summed E-state index contributed by atoms with van der Waals surface area (Å²) >= 11 is 6.26. The first-order valence-corrected chi connectivity index (χ1v) is 6.67. The molecular weight excluding hydrogens is 247 g/mol. The highest BCUT2D eigenvalue weighted by Crippen LogP contribution is 2.42. The van der Waals surface area contributed by atoms with Gasteiger partial charge in [-0.3, -0.25) is 0 Å². The van der Waals surface area contributed by atoms with Gasteiger partial charge in [-0.2, -0.15) is 0 Å². The molecule has 5 heteroatoms. The zero-order valence-electron chi connectivity index (χ0n) is 9.31. The molecule has 0 aromatic heterocycles. The first-order valence-electron chi connectivity index (χ1n) is 5.16. The first kappa shape index (κ1) is 13.6. The third-order valence-electron chi connectivity index (χ3n) is 2.48. The van der Waals surface area contributed by atoms with Crippen molar-refractivity contribution in [3.63, 3.8) is 0 Å². The fraction of sp³-hybridized carbons (Fsp3) is 0.455. The first-order chi connectivity index (χ1) is 7.53. The molecule has 2 unspecified atom stereocenters. The highest BCUT2D eigenvalue weighted by Gasteiger charge is 2.39. The normalized spacial score (nSPS) is 15.6. The van der Waals surface area contributed by atoms with Crippen molar-refractivity contribution in [1.82, 2.24) is 0 Å². The molecule has 1 aromatic carbocycles. The summed E-state index contributed by atoms with van der Waals surface area (Å²) in [4.78, 5) is 8.85. The number of hydrogen-bond acceptors (Lipinski definition) is 2. The Morgan fingerprint density at radius 3 is 2.56 bits per heavy atom. The lowest BCUT2D eigenvalue weighted by Crippen LogP contribution is -2.20. The quantitative estimate of drug-likeness (QED) is 0.649. The van der Waals surface area contributed by atoms with E-state index in [1.807, 2.05) is 38.1 Å². The van der Waals surface area contributed by atoms with Crippen molar-refractivity contribution in [2.24, 2.45) is 0 Å². The molecule has 1 N–H and O–H groups in total. The van der Waals surface area contributed by atoms with Crippen molar-refractivity contribution in [1.29, 1.82) is 0 Å². The monoisotopic (exact) mass is 261 g/mol. The van der Waals surface area contributed by atoms with Crippen molar-refractivity contribution in [2.75, 3.05) is 0 Å². The Morgan fingerprint density at radius 1 is 1.44 bits per heavy atom. The number of benzene rings is 1. The Labute approximate surface area is 101 Å². The predicted molar refractivity (Wildman–Crippen MR) is 64.6 cm³/mol. The fourth-order valence-corrected chi connectivity index (χ4v) is 2.46. The van der Waals surface area contributed by atoms with Crippen LogP contribution in [0, 0.1) is 0 Å². The van der Waals surface area contributed by atoms with Crippen LogP contribution in [0.2, 0.25) is 0 Å². The van der Waals surface area contributed by atoms with E-state index in [0.717, 1.165) is 17.5 Å². The maximum absolute atomic E-state index is 10.8. The molecule has 0 aliphatic heterocycles. The number of hydrogen-bond donors (Lipinski definition) is 1. The number of rotatable bonds is 5. The molecule has 0 bridgehead atoms. The average molecular weight is 262 g/mol. The number of alkyl halides is 1. The van der Waals surface area contributed by atoms with Crippen LogP contribution in [0.15, 0.2) is 24.3 Å². The Morgan fingerprint density at radius 2 is 2.06 bits per heavy atom. The van der Waals surface area contributed by atoms with Gasteiger partial charge in [-0.1, -0.05) is 54.2 Å². The van der Waals surface area contributed by atoms with Crippen LogP contribution in [0.4, 0.5) is 0 Å². The highest BCUT2D eigenvalue weighted by molar-refractivity contribution is 7.32. The van der Waals surface area contributed by atoms with Crippen LogP contribution in [-0.2, 0) is 20.6 Å². The summed E-state index contributed by atoms with van der Waals surface area (Å²) < 4.78 is 15.7. The van der Waals surface area contributed by atoms with E-state index < -0.39 is 13.3 Å². The number of halogens is 1. The van der Waals surface area contributed by atoms with Crippen LogP contribution >= 0.6 is 19.9 Å². The minimum Gasteiger partial charge on any atom is -0.133 e. The molecule has 0 heterocycles. The van der Waals surface area contributed by atoms with Gasteiger partial charge in [-0.05, 0) is 18.4 Å². The van der Waals surface area contributed by atoms with Crippen LogP contribution in [0.1, 0.15) is 31.4 Å². The van der Waals surface area contributed by atoms with Crippen molar-refractivity contribution in [3.8, 4) is 0 Å². The van der Waals surface area contributed by atoms with Gasteiger partial charge in [-0.25, -0.2) is 0 Å². The van der Waals surface area contributed by atoms with Crippen molar-refractivity contribution >= 4 is 19.9 Å². The van der Waals surface area contributed by atoms with Gasteiger partial charge in [0, 0.05) is 10.1 Å². The maximum atomic E-state index is 10.8. The minimum absolute atomic E-state index is 0.424. The Balaban J connectivity index is 3.16. The third kappa shape index (κ3) is 3.02. The van der Waals surface area contributed by atoms with Gasteiger partial charge in [0.15, 0.2) is 0 Å². The van der Waals surface area contributed by atoms with Crippen molar-refractivity contribution < 1.29 is 14.0 Å². The van der Waals surface area contributed by atoms with Gasteiger partial charge >= 0.3 is 8.25 Å². The summed E-state index contributed by atoms with van der Waals surface area (Å²) in [5, 5.41) is -1.21. The molecule has 0 fully saturated rings. The van der Waals surface area contributed by atoms with Crippen LogP contribution in [0.25, 0.3) is 0 Å². The molecule has 1 aromatic rings. The second kappa shape index (κ2) is 5.74. The molecule has 0 radical (unpaired) electrons. The highest BCUT2D eigenvalue weighted by atomic mass is 35.5. The summed E-state index contributed by atoms with van der Waals surface area (Å²) in [6.45, 7) is 3.82. The summed E-state index contributed by atoms with van der Waals surface area (Å²) in [6.07, 6.45) is 1.23. The summed E-state index contributed by atoms with van der Waals surface area (Å²) in [7, 11) is -2.72. The molecule has 0 saturated heterocycles. The maximum Gasteiger partial charge on any atom is 0.696 e. The Bertz CT molecular complexity index is 383. The predicted octanol–water partition coefficient (Wildman–Crippen LogP) is 3.72. The standard InChI is InChI=1S/C11H14ClO3P/c1-3-9-7-5-6-8-10(9)11(12,4-2)15-16(13)14/h5-8H,3-4H2,1-2H3/p+1. The van der Waals surface area contributed by atoms with Gasteiger partial charge < -0.3 is 0 Å². The topological polar surface area (TPSA) is 46.5 Å². The summed E-state index contributed by atoms with van der Waals surface area (Å²) in [5.41, 5.74) is 1.79. The molecule has 2 atom stereocenters. The van der Waals surface area contributed by atoms with Crippen molar-refractivity contribution in [3.05, 3.63) is 35.4 Å². The SMILES string of the molecule is CCc1ccccc1C(Cl)(CC)O[P+](=O)O. The molecule has 0 saturated carbocycles. The zero-order valence-corrected chi connectivity index (χ0v) is 11.0. The molecule has 0 spiro atoms. The largest absolute Gasteiger partial charge is 0.696 e. The molecule has 0 amide bonds. The summed E-state index contributed by atoms with van der Waals surface area (Å²) in [6, 6.07) is 7.52. The number of aryl methyl sites for hydroxylation is 1. The van der Waals surface area contributed by atoms with Crippen molar-refractivity contribution in [2.45, 2.75) is 31.7 Å². The van der Waals surface area contributed by atoms with Crippen LogP contribution in [-0.4, -0.2) is 4.89 Å². The molecule has 16 heavy (non-hydrogen) atoms. The van der Waals surface area contributed by atoms with Crippen LogP contribution in [0.5, 0.6) is 0 Å². The lowest BCUT2D eigenvalue weighted by atomic mass is 9.98. The zero-order chi connectivity index (χ0) is 12.2. The van der Waals surface area contributed by atoms with Crippen LogP contribution in [0.3, 0.4) is 0 Å². The van der Waals surface area contributed by atoms with Crippen LogP contribution < -0.4 is 0 Å². The molecule has 0 aliphatic rings. The Hall–Kier alpha value is -0.470. The minimum atomic E-state index is -2.72. The van der Waals surface area contributed by atoms with E-state index in [1.165, 1.54) is 0 Å². The van der Waals surface area contributed by atoms with E-state index in [-0.39, 0.29) is 0 Å². The van der Waals surface area contributed by atoms with E-state index in [4.69, 9.17) is 21.0 Å². The smallest absolute Gasteiger partial charge is 0.133 e. The van der Waals surface area contributed by atoms with Gasteiger partial charge in [0.2, 0.25) is 5.06 Å². The van der Waals surface area contributed by atoms with Gasteiger partial charge in [-0.15, -0.1) is 4.89 Å². The van der Waals surface area contributed by atoms with E-state index in [9.17, 15) is 4.57 Å². The lowest BCUT2D eigenvalue weighted by Gasteiger charge is -2.21. The van der Waals surface area contributed by atoms with E-state index in [1.54, 1.807) is 0 Å². The Kier molecular flexibility index (Phi) is 4.88. The van der Waals surface area contributed by atoms with Gasteiger partial charge in [0.1, 0.15) is 0 Å². The van der Waals surface area contributed by atoms with E-state index in [0.29, 0.717) is 6.42 Å². The van der Waals surface area contributed by atoms with Gasteiger partial charge in [0.05, 0.1) is 0 Å². The second-order valence-electron chi connectivity index (χ2n) is 3.42. The molecular formula is C11H15ClO3P+. The fourth-order valence-electron chi connectivity index (χ4n) is 1.62. The molecule has 88 valence electrons. The second-order valence-corrected chi connectivity index (χ2v) is 4.69. The lowest BCUT2D eigenvalue weighted by molar-refractivity contribution is 0.143. The third-order valence-corrected chi connectivity index (χ3v) is 3.60. The molecule has 0 aliphatic carbocycles. The average Bonchev–Trinajstić information content (AvgIpc) is 2.28. The van der Waals surface area contributed by atoms with E-state index in [2.05, 4.69) is 0 Å².